The number of carbonyl (C=O) groups excluding carboxylic acids is 1. The first-order chi connectivity index (χ1) is 11.4. The van der Waals surface area contributed by atoms with Crippen LogP contribution in [0.25, 0.3) is 22.2 Å². The summed E-state index contributed by atoms with van der Waals surface area (Å²) in [6, 6.07) is 13.9. The molecule has 0 radical (unpaired) electrons. The average Bonchev–Trinajstić information content (AvgIpc) is 2.99. The van der Waals surface area contributed by atoms with Crippen LogP contribution in [-0.4, -0.2) is 21.8 Å². The van der Waals surface area contributed by atoms with Crippen LogP contribution in [0.1, 0.15) is 26.7 Å². The van der Waals surface area contributed by atoms with Gasteiger partial charge in [-0.15, -0.1) is 0 Å². The lowest BCUT2D eigenvalue weighted by Gasteiger charge is -2.19. The lowest BCUT2D eigenvalue weighted by atomic mass is 10.0. The van der Waals surface area contributed by atoms with Crippen molar-refractivity contribution in [3.05, 3.63) is 48.4 Å². The largest absolute Gasteiger partial charge is 0.444 e. The molecule has 3 rings (SSSR count). The molecule has 24 heavy (non-hydrogen) atoms. The maximum absolute atomic E-state index is 11.7. The quantitative estimate of drug-likeness (QED) is 0.790. The fraction of sp³-hybridized carbons (Fsp3) is 0.278. The predicted molar refractivity (Wildman–Crippen MR) is 90.3 cm³/mol. The Morgan fingerprint density at radius 2 is 1.92 bits per heavy atom. The van der Waals surface area contributed by atoms with E-state index in [0.717, 1.165) is 16.3 Å². The monoisotopic (exact) mass is 325 g/mol. The highest BCUT2D eigenvalue weighted by molar-refractivity contribution is 5.94. The number of nitrogens with one attached hydrogen (secondary N) is 1. The molecule has 0 unspecified atom stereocenters. The smallest absolute Gasteiger partial charge is 0.408 e. The van der Waals surface area contributed by atoms with Crippen molar-refractivity contribution in [1.29, 1.82) is 0 Å². The summed E-state index contributed by atoms with van der Waals surface area (Å²) in [7, 11) is 0. The highest BCUT2D eigenvalue weighted by atomic mass is 16.6. The van der Waals surface area contributed by atoms with Gasteiger partial charge < -0.3 is 14.6 Å². The van der Waals surface area contributed by atoms with Gasteiger partial charge in [-0.25, -0.2) is 4.79 Å². The number of ether oxygens (including phenoxy) is 1. The molecule has 0 spiro atoms. The number of nitrogens with zero attached hydrogens (tertiary/aromatic N) is 2. The third-order valence-corrected chi connectivity index (χ3v) is 3.28. The molecule has 2 aromatic carbocycles. The molecule has 0 atom stereocenters. The summed E-state index contributed by atoms with van der Waals surface area (Å²) in [6.45, 7) is 5.53. The normalized spacial score (nSPS) is 11.5. The van der Waals surface area contributed by atoms with Gasteiger partial charge in [0, 0.05) is 5.56 Å². The molecule has 0 aliphatic rings. The van der Waals surface area contributed by atoms with Gasteiger partial charge in [-0.2, -0.15) is 4.98 Å². The van der Waals surface area contributed by atoms with E-state index in [1.807, 2.05) is 42.5 Å². The molecule has 0 aliphatic carbocycles. The van der Waals surface area contributed by atoms with Gasteiger partial charge in [0.15, 0.2) is 0 Å². The fourth-order valence-corrected chi connectivity index (χ4v) is 2.32. The van der Waals surface area contributed by atoms with E-state index in [9.17, 15) is 4.79 Å². The Morgan fingerprint density at radius 3 is 2.71 bits per heavy atom. The zero-order valence-corrected chi connectivity index (χ0v) is 13.9. The van der Waals surface area contributed by atoms with Gasteiger partial charge in [0.05, 0.1) is 0 Å². The van der Waals surface area contributed by atoms with Crippen LogP contribution in [0.3, 0.4) is 0 Å². The van der Waals surface area contributed by atoms with Crippen LogP contribution in [0.15, 0.2) is 47.0 Å². The van der Waals surface area contributed by atoms with Gasteiger partial charge >= 0.3 is 6.09 Å². The molecular formula is C18H19N3O3. The molecule has 0 fully saturated rings. The number of alkyl carbamates (subject to hydrolysis) is 1. The van der Waals surface area contributed by atoms with Gasteiger partial charge in [0.25, 0.3) is 0 Å². The number of aromatic nitrogens is 2. The Hall–Kier alpha value is -2.89. The van der Waals surface area contributed by atoms with E-state index < -0.39 is 11.7 Å². The molecule has 0 saturated carbocycles. The summed E-state index contributed by atoms with van der Waals surface area (Å²) in [6.07, 6.45) is -0.521. The summed E-state index contributed by atoms with van der Waals surface area (Å²) < 4.78 is 10.4. The first kappa shape index (κ1) is 16.0. The molecule has 0 saturated heterocycles. The van der Waals surface area contributed by atoms with Crippen molar-refractivity contribution >= 4 is 16.9 Å². The number of fused-ring (bicyclic) bond motifs is 1. The summed E-state index contributed by atoms with van der Waals surface area (Å²) in [5.41, 5.74) is 0.341. The van der Waals surface area contributed by atoms with Crippen LogP contribution in [0.5, 0.6) is 0 Å². The lowest BCUT2D eigenvalue weighted by molar-refractivity contribution is 0.0518. The van der Waals surface area contributed by atoms with Crippen molar-refractivity contribution in [3.63, 3.8) is 0 Å². The van der Waals surface area contributed by atoms with E-state index in [2.05, 4.69) is 15.5 Å². The Bertz CT molecular complexity index is 860. The highest BCUT2D eigenvalue weighted by Gasteiger charge is 2.17. The Morgan fingerprint density at radius 1 is 1.17 bits per heavy atom. The third-order valence-electron chi connectivity index (χ3n) is 3.28. The molecule has 1 N–H and O–H groups in total. The lowest BCUT2D eigenvalue weighted by Crippen LogP contribution is -2.32. The second-order valence-electron chi connectivity index (χ2n) is 6.39. The standard InChI is InChI=1S/C18H19N3O3/c1-18(2,3)23-17(22)19-11-15-20-16(21-24-15)14-10-6-8-12-7-4-5-9-13(12)14/h4-10H,11H2,1-3H3,(H,19,22). The van der Waals surface area contributed by atoms with Crippen LogP contribution in [-0.2, 0) is 11.3 Å². The van der Waals surface area contributed by atoms with Crippen molar-refractivity contribution in [2.45, 2.75) is 32.9 Å². The molecule has 1 heterocycles. The summed E-state index contributed by atoms with van der Waals surface area (Å²) in [5, 5.41) is 8.76. The molecular weight excluding hydrogens is 306 g/mol. The SMILES string of the molecule is CC(C)(C)OC(=O)NCc1nc(-c2cccc3ccccc23)no1. The van der Waals surface area contributed by atoms with E-state index in [1.54, 1.807) is 20.8 Å². The highest BCUT2D eigenvalue weighted by Crippen LogP contribution is 2.26. The van der Waals surface area contributed by atoms with Gasteiger partial charge in [0.1, 0.15) is 12.1 Å². The van der Waals surface area contributed by atoms with Gasteiger partial charge in [-0.05, 0) is 31.5 Å². The zero-order chi connectivity index (χ0) is 17.2. The summed E-state index contributed by atoms with van der Waals surface area (Å²) in [4.78, 5) is 16.0. The minimum Gasteiger partial charge on any atom is -0.444 e. The van der Waals surface area contributed by atoms with Crippen LogP contribution in [0, 0.1) is 0 Å². The fourth-order valence-electron chi connectivity index (χ4n) is 2.32. The van der Waals surface area contributed by atoms with Gasteiger partial charge in [0.2, 0.25) is 11.7 Å². The summed E-state index contributed by atoms with van der Waals surface area (Å²) in [5.74, 6) is 0.816. The first-order valence-corrected chi connectivity index (χ1v) is 7.70. The first-order valence-electron chi connectivity index (χ1n) is 7.70. The van der Waals surface area contributed by atoms with E-state index in [1.165, 1.54) is 0 Å². The molecule has 1 aromatic heterocycles. The van der Waals surface area contributed by atoms with Crippen LogP contribution < -0.4 is 5.32 Å². The van der Waals surface area contributed by atoms with E-state index >= 15 is 0 Å². The maximum Gasteiger partial charge on any atom is 0.408 e. The average molecular weight is 325 g/mol. The third kappa shape index (κ3) is 3.71. The maximum atomic E-state index is 11.7. The second-order valence-corrected chi connectivity index (χ2v) is 6.39. The van der Waals surface area contributed by atoms with Crippen molar-refractivity contribution in [2.75, 3.05) is 0 Å². The Labute approximate surface area is 139 Å². The zero-order valence-electron chi connectivity index (χ0n) is 13.9. The van der Waals surface area contributed by atoms with Gasteiger partial charge in [-0.1, -0.05) is 47.6 Å². The van der Waals surface area contributed by atoms with Crippen LogP contribution in [0.4, 0.5) is 4.79 Å². The molecule has 0 aliphatic heterocycles. The molecule has 1 amide bonds. The number of benzene rings is 2. The number of hydrogen-bond donors (Lipinski definition) is 1. The van der Waals surface area contributed by atoms with Crippen LogP contribution >= 0.6 is 0 Å². The Kier molecular flexibility index (Phi) is 4.20. The molecule has 6 nitrogen and oxygen atoms in total. The van der Waals surface area contributed by atoms with Crippen LogP contribution in [0.2, 0.25) is 0 Å². The van der Waals surface area contributed by atoms with E-state index in [4.69, 9.17) is 9.26 Å². The predicted octanol–water partition coefficient (Wildman–Crippen LogP) is 3.91. The molecule has 0 bridgehead atoms. The minimum atomic E-state index is -0.549. The van der Waals surface area contributed by atoms with Crippen molar-refractivity contribution in [2.24, 2.45) is 0 Å². The van der Waals surface area contributed by atoms with Gasteiger partial charge in [-0.3, -0.25) is 0 Å². The molecule has 3 aromatic rings. The Balaban J connectivity index is 1.75. The number of hydrogen-bond acceptors (Lipinski definition) is 5. The van der Waals surface area contributed by atoms with Crippen molar-refractivity contribution in [1.82, 2.24) is 15.5 Å². The summed E-state index contributed by atoms with van der Waals surface area (Å²) >= 11 is 0. The number of rotatable bonds is 3. The molecule has 6 heteroatoms. The molecule has 124 valence electrons. The second kappa shape index (κ2) is 6.31. The topological polar surface area (TPSA) is 77.2 Å². The van der Waals surface area contributed by atoms with E-state index in [-0.39, 0.29) is 6.54 Å². The number of amides is 1. The minimum absolute atomic E-state index is 0.118. The van der Waals surface area contributed by atoms with E-state index in [0.29, 0.717) is 11.7 Å². The number of carbonyl (C=O) groups is 1. The van der Waals surface area contributed by atoms with Crippen molar-refractivity contribution < 1.29 is 14.1 Å². The van der Waals surface area contributed by atoms with Crippen molar-refractivity contribution in [3.8, 4) is 11.4 Å².